The Bertz CT molecular complexity index is 527. The molecule has 0 amide bonds. The van der Waals surface area contributed by atoms with Crippen LogP contribution in [-0.2, 0) is 6.54 Å². The van der Waals surface area contributed by atoms with Crippen molar-refractivity contribution in [3.8, 4) is 11.5 Å². The van der Waals surface area contributed by atoms with E-state index in [4.69, 9.17) is 10.2 Å². The Balaban J connectivity index is 2.36. The number of furan rings is 1. The van der Waals surface area contributed by atoms with Crippen LogP contribution >= 0.6 is 0 Å². The summed E-state index contributed by atoms with van der Waals surface area (Å²) in [5.41, 5.74) is 6.84. The van der Waals surface area contributed by atoms with Crippen molar-refractivity contribution in [2.24, 2.45) is 5.92 Å². The number of hydrogen-bond donors (Lipinski definition) is 1. The van der Waals surface area contributed by atoms with Gasteiger partial charge >= 0.3 is 0 Å². The van der Waals surface area contributed by atoms with E-state index in [2.05, 4.69) is 18.9 Å². The van der Waals surface area contributed by atoms with E-state index in [1.807, 2.05) is 0 Å². The zero-order valence-corrected chi connectivity index (χ0v) is 10.6. The van der Waals surface area contributed by atoms with Crippen LogP contribution in [0.1, 0.15) is 30.6 Å². The minimum atomic E-state index is 0.397. The van der Waals surface area contributed by atoms with Gasteiger partial charge < -0.3 is 10.2 Å². The van der Waals surface area contributed by atoms with E-state index in [0.717, 1.165) is 12.7 Å². The standard InChI is InChI=1S/C13H17N3O2/c1-9(2)5-6-16-13(14)10(8-17)12(15-16)11-4-3-7-18-11/h3-4,7-9H,5-6,14H2,1-2H3. The number of aryl methyl sites for hydroxylation is 1. The monoisotopic (exact) mass is 247 g/mol. The number of nitrogens with zero attached hydrogens (tertiary/aromatic N) is 2. The van der Waals surface area contributed by atoms with E-state index < -0.39 is 0 Å². The highest BCUT2D eigenvalue weighted by Gasteiger charge is 2.18. The first-order valence-electron chi connectivity index (χ1n) is 5.98. The lowest BCUT2D eigenvalue weighted by Crippen LogP contribution is -2.07. The molecule has 0 bridgehead atoms. The molecular formula is C13H17N3O2. The lowest BCUT2D eigenvalue weighted by Gasteiger charge is -2.06. The van der Waals surface area contributed by atoms with Crippen molar-refractivity contribution >= 4 is 12.1 Å². The van der Waals surface area contributed by atoms with E-state index in [-0.39, 0.29) is 0 Å². The molecule has 2 N–H and O–H groups in total. The third-order valence-corrected chi connectivity index (χ3v) is 2.82. The Morgan fingerprint density at radius 2 is 2.33 bits per heavy atom. The average molecular weight is 247 g/mol. The molecule has 2 aromatic rings. The maximum Gasteiger partial charge on any atom is 0.156 e. The Labute approximate surface area is 106 Å². The average Bonchev–Trinajstić information content (AvgIpc) is 2.94. The SMILES string of the molecule is CC(C)CCn1nc(-c2ccco2)c(C=O)c1N. The molecule has 0 aliphatic rings. The van der Waals surface area contributed by atoms with E-state index in [0.29, 0.717) is 35.3 Å². The Hall–Kier alpha value is -2.04. The normalized spacial score (nSPS) is 11.1. The van der Waals surface area contributed by atoms with Crippen LogP contribution in [0.4, 0.5) is 5.82 Å². The van der Waals surface area contributed by atoms with Gasteiger partial charge in [-0.1, -0.05) is 13.8 Å². The number of rotatable bonds is 5. The Kier molecular flexibility index (Phi) is 3.50. The quantitative estimate of drug-likeness (QED) is 0.824. The molecule has 0 aliphatic carbocycles. The maximum absolute atomic E-state index is 11.1. The molecule has 0 aliphatic heterocycles. The van der Waals surface area contributed by atoms with Gasteiger partial charge in [-0.2, -0.15) is 5.10 Å². The molecule has 0 radical (unpaired) electrons. The van der Waals surface area contributed by atoms with Crippen LogP contribution in [0.15, 0.2) is 22.8 Å². The van der Waals surface area contributed by atoms with E-state index >= 15 is 0 Å². The number of hydrogen-bond acceptors (Lipinski definition) is 4. The van der Waals surface area contributed by atoms with E-state index in [1.165, 1.54) is 0 Å². The van der Waals surface area contributed by atoms with Gasteiger partial charge in [-0.15, -0.1) is 0 Å². The minimum absolute atomic E-state index is 0.397. The highest BCUT2D eigenvalue weighted by atomic mass is 16.3. The number of carbonyl (C=O) groups is 1. The number of carbonyl (C=O) groups excluding carboxylic acids is 1. The second-order valence-corrected chi connectivity index (χ2v) is 4.65. The molecule has 0 spiro atoms. The summed E-state index contributed by atoms with van der Waals surface area (Å²) in [5, 5.41) is 4.36. The zero-order chi connectivity index (χ0) is 13.1. The number of aldehydes is 1. The first-order valence-corrected chi connectivity index (χ1v) is 5.98. The summed E-state index contributed by atoms with van der Waals surface area (Å²) in [6.07, 6.45) is 3.24. The minimum Gasteiger partial charge on any atom is -0.463 e. The van der Waals surface area contributed by atoms with Crippen molar-refractivity contribution in [2.45, 2.75) is 26.8 Å². The molecule has 5 heteroatoms. The molecule has 5 nitrogen and oxygen atoms in total. The highest BCUT2D eigenvalue weighted by Crippen LogP contribution is 2.26. The van der Waals surface area contributed by atoms with Crippen LogP contribution in [0.3, 0.4) is 0 Å². The fourth-order valence-corrected chi connectivity index (χ4v) is 1.75. The second-order valence-electron chi connectivity index (χ2n) is 4.65. The molecule has 0 saturated heterocycles. The molecule has 0 unspecified atom stereocenters. The summed E-state index contributed by atoms with van der Waals surface area (Å²) in [4.78, 5) is 11.1. The molecule has 96 valence electrons. The van der Waals surface area contributed by atoms with Gasteiger partial charge in [0.2, 0.25) is 0 Å². The number of anilines is 1. The molecule has 2 heterocycles. The summed E-state index contributed by atoms with van der Waals surface area (Å²) in [5.74, 6) is 1.52. The van der Waals surface area contributed by atoms with Crippen molar-refractivity contribution in [1.82, 2.24) is 9.78 Å². The molecule has 18 heavy (non-hydrogen) atoms. The third kappa shape index (κ3) is 2.30. The van der Waals surface area contributed by atoms with Crippen LogP contribution in [0, 0.1) is 5.92 Å². The molecule has 0 atom stereocenters. The summed E-state index contributed by atoms with van der Waals surface area (Å²) < 4.78 is 6.93. The Morgan fingerprint density at radius 1 is 1.56 bits per heavy atom. The lowest BCUT2D eigenvalue weighted by molar-refractivity contribution is 0.112. The van der Waals surface area contributed by atoms with Gasteiger partial charge in [0.15, 0.2) is 12.0 Å². The molecule has 0 fully saturated rings. The van der Waals surface area contributed by atoms with Gasteiger partial charge in [0.25, 0.3) is 0 Å². The van der Waals surface area contributed by atoms with Crippen LogP contribution in [0.25, 0.3) is 11.5 Å². The number of nitrogens with two attached hydrogens (primary N) is 1. The molecule has 2 aromatic heterocycles. The number of nitrogen functional groups attached to an aromatic ring is 1. The first-order chi connectivity index (χ1) is 8.63. The van der Waals surface area contributed by atoms with Gasteiger partial charge in [0.1, 0.15) is 11.5 Å². The van der Waals surface area contributed by atoms with Crippen molar-refractivity contribution < 1.29 is 9.21 Å². The van der Waals surface area contributed by atoms with Gasteiger partial charge in [0.05, 0.1) is 11.8 Å². The van der Waals surface area contributed by atoms with Crippen molar-refractivity contribution in [3.05, 3.63) is 24.0 Å². The third-order valence-electron chi connectivity index (χ3n) is 2.82. The van der Waals surface area contributed by atoms with Crippen LogP contribution in [0.2, 0.25) is 0 Å². The summed E-state index contributed by atoms with van der Waals surface area (Å²) in [6, 6.07) is 3.52. The molecular weight excluding hydrogens is 230 g/mol. The van der Waals surface area contributed by atoms with Crippen LogP contribution < -0.4 is 5.73 Å². The zero-order valence-electron chi connectivity index (χ0n) is 10.6. The smallest absolute Gasteiger partial charge is 0.156 e. The molecule has 0 saturated carbocycles. The van der Waals surface area contributed by atoms with E-state index in [1.54, 1.807) is 23.1 Å². The maximum atomic E-state index is 11.1. The summed E-state index contributed by atoms with van der Waals surface area (Å²) in [7, 11) is 0. The largest absolute Gasteiger partial charge is 0.463 e. The van der Waals surface area contributed by atoms with Gasteiger partial charge in [0, 0.05) is 6.54 Å². The predicted octanol–water partition coefficient (Wildman–Crippen LogP) is 2.58. The van der Waals surface area contributed by atoms with Crippen LogP contribution in [0.5, 0.6) is 0 Å². The van der Waals surface area contributed by atoms with Crippen molar-refractivity contribution in [3.63, 3.8) is 0 Å². The Morgan fingerprint density at radius 3 is 2.89 bits per heavy atom. The second kappa shape index (κ2) is 5.08. The van der Waals surface area contributed by atoms with Gasteiger partial charge in [-0.25, -0.2) is 4.68 Å². The topological polar surface area (TPSA) is 74.0 Å². The fourth-order valence-electron chi connectivity index (χ4n) is 1.75. The summed E-state index contributed by atoms with van der Waals surface area (Å²) in [6.45, 7) is 4.96. The van der Waals surface area contributed by atoms with Gasteiger partial charge in [-0.05, 0) is 24.5 Å². The van der Waals surface area contributed by atoms with Gasteiger partial charge in [-0.3, -0.25) is 4.79 Å². The summed E-state index contributed by atoms with van der Waals surface area (Å²) >= 11 is 0. The molecule has 2 rings (SSSR count). The van der Waals surface area contributed by atoms with E-state index in [9.17, 15) is 4.79 Å². The van der Waals surface area contributed by atoms with Crippen molar-refractivity contribution in [1.29, 1.82) is 0 Å². The first kappa shape index (κ1) is 12.4. The van der Waals surface area contributed by atoms with Crippen molar-refractivity contribution in [2.75, 3.05) is 5.73 Å². The predicted molar refractivity (Wildman–Crippen MR) is 69.2 cm³/mol. The number of aromatic nitrogens is 2. The molecule has 0 aromatic carbocycles. The van der Waals surface area contributed by atoms with Crippen LogP contribution in [-0.4, -0.2) is 16.1 Å². The lowest BCUT2D eigenvalue weighted by atomic mass is 10.1. The fraction of sp³-hybridized carbons (Fsp3) is 0.385. The highest BCUT2D eigenvalue weighted by molar-refractivity contribution is 5.90.